The Morgan fingerprint density at radius 3 is 2.64 bits per heavy atom. The highest BCUT2D eigenvalue weighted by Crippen LogP contribution is 2.25. The van der Waals surface area contributed by atoms with Crippen molar-refractivity contribution in [1.29, 1.82) is 0 Å². The van der Waals surface area contributed by atoms with Crippen LogP contribution in [0.15, 0.2) is 42.5 Å². The number of nitro benzene ring substituents is 1. The highest BCUT2D eigenvalue weighted by Gasteiger charge is 2.13. The summed E-state index contributed by atoms with van der Waals surface area (Å²) >= 11 is 0. The van der Waals surface area contributed by atoms with Gasteiger partial charge in [-0.3, -0.25) is 10.1 Å². The third-order valence-electron chi connectivity index (χ3n) is 3.25. The molecule has 0 bridgehead atoms. The first-order valence-electron chi connectivity index (χ1n) is 6.71. The molecule has 0 saturated carbocycles. The first kappa shape index (κ1) is 15.8. The van der Waals surface area contributed by atoms with Gasteiger partial charge in [-0.25, -0.2) is 0 Å². The van der Waals surface area contributed by atoms with Gasteiger partial charge in [0.1, 0.15) is 24.2 Å². The molecule has 22 heavy (non-hydrogen) atoms. The summed E-state index contributed by atoms with van der Waals surface area (Å²) in [4.78, 5) is 10.3. The van der Waals surface area contributed by atoms with Crippen LogP contribution < -0.4 is 9.47 Å². The van der Waals surface area contributed by atoms with E-state index in [4.69, 9.17) is 9.47 Å². The van der Waals surface area contributed by atoms with Crippen LogP contribution in [0, 0.1) is 17.0 Å². The van der Waals surface area contributed by atoms with Gasteiger partial charge in [0.05, 0.1) is 12.0 Å². The fourth-order valence-electron chi connectivity index (χ4n) is 2.04. The molecule has 0 aliphatic rings. The van der Waals surface area contributed by atoms with Gasteiger partial charge < -0.3 is 14.6 Å². The second-order valence-corrected chi connectivity index (χ2v) is 4.81. The molecule has 2 aromatic carbocycles. The quantitative estimate of drug-likeness (QED) is 0.655. The summed E-state index contributed by atoms with van der Waals surface area (Å²) in [7, 11) is 1.56. The Kier molecular flexibility index (Phi) is 4.95. The minimum absolute atomic E-state index is 0.0423. The Balaban J connectivity index is 2.03. The molecule has 2 aromatic rings. The van der Waals surface area contributed by atoms with E-state index in [2.05, 4.69) is 0 Å². The molecule has 1 unspecified atom stereocenters. The minimum Gasteiger partial charge on any atom is -0.497 e. The summed E-state index contributed by atoms with van der Waals surface area (Å²) in [5.41, 5.74) is 1.23. The molecule has 0 heterocycles. The summed E-state index contributed by atoms with van der Waals surface area (Å²) in [6.07, 6.45) is -0.814. The van der Waals surface area contributed by atoms with Crippen molar-refractivity contribution >= 4 is 5.69 Å². The molecular formula is C16H17NO5. The third-order valence-corrected chi connectivity index (χ3v) is 3.25. The summed E-state index contributed by atoms with van der Waals surface area (Å²) in [5.74, 6) is 1.13. The maximum absolute atomic E-state index is 10.8. The normalized spacial score (nSPS) is 11.8. The van der Waals surface area contributed by atoms with Gasteiger partial charge in [0, 0.05) is 11.6 Å². The molecule has 0 amide bonds. The number of methoxy groups -OCH3 is 1. The zero-order valence-corrected chi connectivity index (χ0v) is 12.4. The Labute approximate surface area is 128 Å². The summed E-state index contributed by atoms with van der Waals surface area (Å²) < 4.78 is 10.6. The van der Waals surface area contributed by atoms with Gasteiger partial charge in [-0.05, 0) is 36.8 Å². The molecule has 6 nitrogen and oxygen atoms in total. The largest absolute Gasteiger partial charge is 0.497 e. The van der Waals surface area contributed by atoms with Crippen LogP contribution in [0.25, 0.3) is 0 Å². The second-order valence-electron chi connectivity index (χ2n) is 4.81. The van der Waals surface area contributed by atoms with E-state index in [-0.39, 0.29) is 12.3 Å². The first-order chi connectivity index (χ1) is 10.5. The average molecular weight is 303 g/mol. The van der Waals surface area contributed by atoms with Gasteiger partial charge in [-0.1, -0.05) is 12.1 Å². The number of nitrogens with zero attached hydrogens (tertiary/aromatic N) is 1. The van der Waals surface area contributed by atoms with Crippen LogP contribution in [-0.2, 0) is 0 Å². The molecule has 0 aliphatic heterocycles. The van der Waals surface area contributed by atoms with E-state index in [0.29, 0.717) is 22.6 Å². The molecule has 1 atom stereocenters. The van der Waals surface area contributed by atoms with Gasteiger partial charge in [-0.2, -0.15) is 0 Å². The Bertz CT molecular complexity index is 671. The van der Waals surface area contributed by atoms with Crippen molar-refractivity contribution in [2.24, 2.45) is 0 Å². The Hall–Kier alpha value is -2.60. The lowest BCUT2D eigenvalue weighted by Gasteiger charge is -2.14. The number of aliphatic hydroxyl groups is 1. The van der Waals surface area contributed by atoms with Crippen LogP contribution in [0.5, 0.6) is 11.5 Å². The zero-order chi connectivity index (χ0) is 16.1. The molecule has 6 heteroatoms. The average Bonchev–Trinajstić information content (AvgIpc) is 2.52. The zero-order valence-electron chi connectivity index (χ0n) is 12.4. The fraction of sp³-hybridized carbons (Fsp3) is 0.250. The van der Waals surface area contributed by atoms with Crippen LogP contribution in [0.4, 0.5) is 5.69 Å². The van der Waals surface area contributed by atoms with Crippen molar-refractivity contribution in [1.82, 2.24) is 0 Å². The summed E-state index contributed by atoms with van der Waals surface area (Å²) in [6.45, 7) is 1.69. The van der Waals surface area contributed by atoms with Gasteiger partial charge in [0.25, 0.3) is 5.69 Å². The van der Waals surface area contributed by atoms with Gasteiger partial charge in [0.15, 0.2) is 0 Å². The topological polar surface area (TPSA) is 81.8 Å². The lowest BCUT2D eigenvalue weighted by Crippen LogP contribution is -2.10. The number of rotatable bonds is 6. The molecule has 2 rings (SSSR count). The van der Waals surface area contributed by atoms with E-state index in [1.54, 1.807) is 44.4 Å². The summed E-state index contributed by atoms with van der Waals surface area (Å²) in [6, 6.07) is 11.6. The fourth-order valence-corrected chi connectivity index (χ4v) is 2.04. The molecule has 116 valence electrons. The first-order valence-corrected chi connectivity index (χ1v) is 6.71. The number of hydrogen-bond donors (Lipinski definition) is 1. The minimum atomic E-state index is -0.814. The molecule has 0 aliphatic carbocycles. The van der Waals surface area contributed by atoms with Crippen molar-refractivity contribution in [3.8, 4) is 11.5 Å². The maximum atomic E-state index is 10.8. The highest BCUT2D eigenvalue weighted by atomic mass is 16.6. The lowest BCUT2D eigenvalue weighted by atomic mass is 10.1. The molecule has 0 radical (unpaired) electrons. The Morgan fingerprint density at radius 1 is 1.23 bits per heavy atom. The standard InChI is InChI=1S/C16H17NO5/c1-11-8-14(6-7-15(11)17(19)20)22-10-16(18)12-4-3-5-13(9-12)21-2/h3-9,16,18H,10H2,1-2H3. The van der Waals surface area contributed by atoms with E-state index in [0.717, 1.165) is 0 Å². The molecule has 0 spiro atoms. The van der Waals surface area contributed by atoms with Gasteiger partial charge in [0.2, 0.25) is 0 Å². The monoisotopic (exact) mass is 303 g/mol. The van der Waals surface area contributed by atoms with Gasteiger partial charge >= 0.3 is 0 Å². The number of benzene rings is 2. The van der Waals surface area contributed by atoms with Crippen molar-refractivity contribution in [2.75, 3.05) is 13.7 Å². The van der Waals surface area contributed by atoms with Crippen LogP contribution in [0.3, 0.4) is 0 Å². The predicted octanol–water partition coefficient (Wildman–Crippen LogP) is 3.02. The number of ether oxygens (including phenoxy) is 2. The maximum Gasteiger partial charge on any atom is 0.272 e. The molecule has 0 saturated heterocycles. The van der Waals surface area contributed by atoms with E-state index in [1.807, 2.05) is 0 Å². The van der Waals surface area contributed by atoms with Crippen molar-refractivity contribution in [2.45, 2.75) is 13.0 Å². The van der Waals surface area contributed by atoms with Crippen molar-refractivity contribution in [3.63, 3.8) is 0 Å². The molecule has 0 aromatic heterocycles. The second kappa shape index (κ2) is 6.91. The molecule has 1 N–H and O–H groups in total. The summed E-state index contributed by atoms with van der Waals surface area (Å²) in [5, 5.41) is 20.9. The van der Waals surface area contributed by atoms with Crippen LogP contribution in [-0.4, -0.2) is 23.7 Å². The molecule has 0 fully saturated rings. The van der Waals surface area contributed by atoms with Crippen LogP contribution in [0.1, 0.15) is 17.2 Å². The van der Waals surface area contributed by atoms with Gasteiger partial charge in [-0.15, -0.1) is 0 Å². The number of aryl methyl sites for hydroxylation is 1. The van der Waals surface area contributed by atoms with E-state index < -0.39 is 11.0 Å². The third kappa shape index (κ3) is 3.73. The van der Waals surface area contributed by atoms with Crippen molar-refractivity contribution < 1.29 is 19.5 Å². The van der Waals surface area contributed by atoms with Crippen molar-refractivity contribution in [3.05, 3.63) is 63.7 Å². The number of aliphatic hydroxyl groups excluding tert-OH is 1. The van der Waals surface area contributed by atoms with E-state index >= 15 is 0 Å². The predicted molar refractivity (Wildman–Crippen MR) is 81.3 cm³/mol. The highest BCUT2D eigenvalue weighted by molar-refractivity contribution is 5.44. The lowest BCUT2D eigenvalue weighted by molar-refractivity contribution is -0.385. The smallest absolute Gasteiger partial charge is 0.272 e. The number of hydrogen-bond acceptors (Lipinski definition) is 5. The number of nitro groups is 1. The van der Waals surface area contributed by atoms with E-state index in [9.17, 15) is 15.2 Å². The van der Waals surface area contributed by atoms with Crippen LogP contribution >= 0.6 is 0 Å². The van der Waals surface area contributed by atoms with Crippen LogP contribution in [0.2, 0.25) is 0 Å². The molecular weight excluding hydrogens is 286 g/mol. The Morgan fingerprint density at radius 2 is 2.00 bits per heavy atom. The van der Waals surface area contributed by atoms with E-state index in [1.165, 1.54) is 12.1 Å². The SMILES string of the molecule is COc1cccc(C(O)COc2ccc([N+](=O)[O-])c(C)c2)c1.